The molecule has 0 radical (unpaired) electrons. The Morgan fingerprint density at radius 1 is 1.47 bits per heavy atom. The van der Waals surface area contributed by atoms with Gasteiger partial charge in [0.25, 0.3) is 0 Å². The first kappa shape index (κ1) is 12.5. The van der Waals surface area contributed by atoms with Gasteiger partial charge in [0.15, 0.2) is 0 Å². The zero-order valence-electron chi connectivity index (χ0n) is 11.2. The molecular weight excluding hydrogens is 240 g/mol. The molecule has 2 aliphatic rings. The minimum absolute atomic E-state index is 0.259. The van der Waals surface area contributed by atoms with Gasteiger partial charge in [-0.1, -0.05) is 6.07 Å². The average Bonchev–Trinajstić information content (AvgIpc) is 3.22. The molecule has 0 aromatic heterocycles. The Kier molecular flexibility index (Phi) is 2.97. The molecule has 0 saturated heterocycles. The summed E-state index contributed by atoms with van der Waals surface area (Å²) < 4.78 is 5.27. The second-order valence-electron chi connectivity index (χ2n) is 5.56. The minimum atomic E-state index is -0.680. The van der Waals surface area contributed by atoms with Gasteiger partial charge in [0, 0.05) is 6.04 Å². The molecule has 3 rings (SSSR count). The summed E-state index contributed by atoms with van der Waals surface area (Å²) in [5.41, 5.74) is 7.27. The summed E-state index contributed by atoms with van der Waals surface area (Å²) in [5.74, 6) is 0.580. The van der Waals surface area contributed by atoms with Gasteiger partial charge in [0.2, 0.25) is 5.91 Å². The number of ether oxygens (including phenoxy) is 1. The average molecular weight is 260 g/mol. The number of hydrogen-bond donors (Lipinski definition) is 2. The van der Waals surface area contributed by atoms with Crippen molar-refractivity contribution in [1.29, 1.82) is 0 Å². The van der Waals surface area contributed by atoms with E-state index in [2.05, 4.69) is 5.32 Å². The largest absolute Gasteiger partial charge is 0.497 e. The van der Waals surface area contributed by atoms with Crippen molar-refractivity contribution >= 4 is 5.91 Å². The van der Waals surface area contributed by atoms with Gasteiger partial charge in [0.1, 0.15) is 11.3 Å². The first-order valence-corrected chi connectivity index (χ1v) is 6.91. The van der Waals surface area contributed by atoms with Crippen molar-refractivity contribution in [3.8, 4) is 5.75 Å². The molecule has 1 saturated carbocycles. The number of amides is 1. The highest BCUT2D eigenvalue weighted by Gasteiger charge is 2.45. The summed E-state index contributed by atoms with van der Waals surface area (Å²) in [4.78, 5) is 12.1. The molecule has 1 aromatic rings. The lowest BCUT2D eigenvalue weighted by Crippen LogP contribution is -2.55. The van der Waals surface area contributed by atoms with Gasteiger partial charge >= 0.3 is 0 Å². The number of carbonyl (C=O) groups excluding carboxylic acids is 1. The second kappa shape index (κ2) is 4.53. The highest BCUT2D eigenvalue weighted by molar-refractivity contribution is 5.87. The summed E-state index contributed by atoms with van der Waals surface area (Å²) in [7, 11) is 1.66. The number of carbonyl (C=O) groups is 1. The normalized spacial score (nSPS) is 25.7. The Balaban J connectivity index is 2.05. The van der Waals surface area contributed by atoms with Crippen LogP contribution in [0, 0.1) is 0 Å². The Labute approximate surface area is 113 Å². The molecule has 19 heavy (non-hydrogen) atoms. The summed E-state index contributed by atoms with van der Waals surface area (Å²) in [5, 5.41) is 3.48. The maximum Gasteiger partial charge on any atom is 0.242 e. The number of fused-ring (bicyclic) bond motifs is 1. The maximum atomic E-state index is 12.1. The van der Waals surface area contributed by atoms with Gasteiger partial charge in [-0.3, -0.25) is 10.1 Å². The van der Waals surface area contributed by atoms with Crippen LogP contribution in [-0.2, 0) is 16.8 Å². The third-order valence-corrected chi connectivity index (χ3v) is 4.22. The smallest absolute Gasteiger partial charge is 0.242 e. The van der Waals surface area contributed by atoms with Crippen LogP contribution in [0.3, 0.4) is 0 Å². The van der Waals surface area contributed by atoms with Crippen molar-refractivity contribution in [2.75, 3.05) is 7.11 Å². The fraction of sp³-hybridized carbons (Fsp3) is 0.533. The standard InChI is InChI=1S/C15H20N2O2/c1-19-12-6-7-13-10(9-12)3-2-8-15(13,14(16)18)17-11-4-5-11/h6-7,9,11,17H,2-5,8H2,1H3,(H2,16,18). The number of primary amides is 1. The molecule has 1 amide bonds. The first-order chi connectivity index (χ1) is 9.15. The van der Waals surface area contributed by atoms with Crippen LogP contribution >= 0.6 is 0 Å². The minimum Gasteiger partial charge on any atom is -0.497 e. The van der Waals surface area contributed by atoms with Gasteiger partial charge in [-0.05, 0) is 55.4 Å². The molecule has 0 aliphatic heterocycles. The maximum absolute atomic E-state index is 12.1. The Morgan fingerprint density at radius 2 is 2.26 bits per heavy atom. The third kappa shape index (κ3) is 2.10. The topological polar surface area (TPSA) is 64.3 Å². The fourth-order valence-corrected chi connectivity index (χ4v) is 3.05. The number of aryl methyl sites for hydroxylation is 1. The molecule has 0 spiro atoms. The molecule has 1 aromatic carbocycles. The van der Waals surface area contributed by atoms with Gasteiger partial charge in [-0.2, -0.15) is 0 Å². The predicted molar refractivity (Wildman–Crippen MR) is 73.0 cm³/mol. The number of hydrogen-bond acceptors (Lipinski definition) is 3. The number of benzene rings is 1. The van der Waals surface area contributed by atoms with E-state index in [1.54, 1.807) is 7.11 Å². The summed E-state index contributed by atoms with van der Waals surface area (Å²) in [6, 6.07) is 6.38. The molecule has 0 bridgehead atoms. The predicted octanol–water partition coefficient (Wildman–Crippen LogP) is 1.46. The zero-order chi connectivity index (χ0) is 13.5. The number of methoxy groups -OCH3 is 1. The SMILES string of the molecule is COc1ccc2c(c1)CCCC2(NC1CC1)C(N)=O. The second-order valence-corrected chi connectivity index (χ2v) is 5.56. The molecule has 4 nitrogen and oxygen atoms in total. The van der Waals surface area contributed by atoms with E-state index in [0.29, 0.717) is 6.04 Å². The first-order valence-electron chi connectivity index (χ1n) is 6.91. The molecule has 3 N–H and O–H groups in total. The van der Waals surface area contributed by atoms with Gasteiger partial charge in [-0.25, -0.2) is 0 Å². The van der Waals surface area contributed by atoms with E-state index >= 15 is 0 Å². The summed E-state index contributed by atoms with van der Waals surface area (Å²) in [6.07, 6.45) is 5.02. The van der Waals surface area contributed by atoms with E-state index in [-0.39, 0.29) is 5.91 Å². The van der Waals surface area contributed by atoms with E-state index < -0.39 is 5.54 Å². The highest BCUT2D eigenvalue weighted by atomic mass is 16.5. The Hall–Kier alpha value is -1.55. The zero-order valence-corrected chi connectivity index (χ0v) is 11.2. The molecule has 2 aliphatic carbocycles. The summed E-state index contributed by atoms with van der Waals surface area (Å²) >= 11 is 0. The highest BCUT2D eigenvalue weighted by Crippen LogP contribution is 2.39. The number of nitrogens with one attached hydrogen (secondary N) is 1. The third-order valence-electron chi connectivity index (χ3n) is 4.22. The molecule has 1 fully saturated rings. The van der Waals surface area contributed by atoms with Crippen LogP contribution in [-0.4, -0.2) is 19.1 Å². The van der Waals surface area contributed by atoms with E-state index in [4.69, 9.17) is 10.5 Å². The number of rotatable bonds is 4. The molecule has 102 valence electrons. The molecule has 1 unspecified atom stereocenters. The van der Waals surface area contributed by atoms with E-state index in [0.717, 1.165) is 43.4 Å². The molecule has 0 heterocycles. The lowest BCUT2D eigenvalue weighted by molar-refractivity contribution is -0.125. The van der Waals surface area contributed by atoms with Crippen molar-refractivity contribution in [1.82, 2.24) is 5.32 Å². The van der Waals surface area contributed by atoms with Crippen molar-refractivity contribution in [3.63, 3.8) is 0 Å². The number of nitrogens with two attached hydrogens (primary N) is 1. The van der Waals surface area contributed by atoms with Crippen LogP contribution in [0.5, 0.6) is 5.75 Å². The lowest BCUT2D eigenvalue weighted by Gasteiger charge is -2.37. The van der Waals surface area contributed by atoms with Gasteiger partial charge in [-0.15, -0.1) is 0 Å². The van der Waals surface area contributed by atoms with E-state index in [1.807, 2.05) is 18.2 Å². The van der Waals surface area contributed by atoms with Crippen molar-refractivity contribution in [3.05, 3.63) is 29.3 Å². The Bertz CT molecular complexity index is 511. The van der Waals surface area contributed by atoms with Crippen molar-refractivity contribution < 1.29 is 9.53 Å². The van der Waals surface area contributed by atoms with Crippen LogP contribution in [0.2, 0.25) is 0 Å². The summed E-state index contributed by atoms with van der Waals surface area (Å²) in [6.45, 7) is 0. The lowest BCUT2D eigenvalue weighted by atomic mass is 9.75. The van der Waals surface area contributed by atoms with Crippen LogP contribution in [0.4, 0.5) is 0 Å². The van der Waals surface area contributed by atoms with Crippen molar-refractivity contribution in [2.24, 2.45) is 5.73 Å². The monoisotopic (exact) mass is 260 g/mol. The molecule has 1 atom stereocenters. The van der Waals surface area contributed by atoms with Crippen LogP contribution in [0.25, 0.3) is 0 Å². The van der Waals surface area contributed by atoms with E-state index in [9.17, 15) is 4.79 Å². The molecular formula is C15H20N2O2. The molecule has 4 heteroatoms. The van der Waals surface area contributed by atoms with Gasteiger partial charge < -0.3 is 10.5 Å². The van der Waals surface area contributed by atoms with Crippen LogP contribution in [0.15, 0.2) is 18.2 Å². The fourth-order valence-electron chi connectivity index (χ4n) is 3.05. The Morgan fingerprint density at radius 3 is 2.89 bits per heavy atom. The van der Waals surface area contributed by atoms with E-state index in [1.165, 1.54) is 5.56 Å². The quantitative estimate of drug-likeness (QED) is 0.861. The van der Waals surface area contributed by atoms with Crippen LogP contribution in [0.1, 0.15) is 36.8 Å². The van der Waals surface area contributed by atoms with Crippen molar-refractivity contribution in [2.45, 2.75) is 43.7 Å². The van der Waals surface area contributed by atoms with Crippen LogP contribution < -0.4 is 15.8 Å². The van der Waals surface area contributed by atoms with Gasteiger partial charge in [0.05, 0.1) is 7.11 Å².